The van der Waals surface area contributed by atoms with Crippen molar-refractivity contribution in [2.45, 2.75) is 11.9 Å². The molecule has 2 aromatic rings. The second-order valence-electron chi connectivity index (χ2n) is 3.18. The first kappa shape index (κ1) is 9.46. The summed E-state index contributed by atoms with van der Waals surface area (Å²) in [5, 5.41) is 0.765. The number of benzene rings is 1. The molecule has 2 rings (SSSR count). The van der Waals surface area contributed by atoms with Crippen molar-refractivity contribution in [1.29, 1.82) is 0 Å². The fourth-order valence-corrected chi connectivity index (χ4v) is 1.89. The first-order chi connectivity index (χ1) is 6.70. The highest BCUT2D eigenvalue weighted by Gasteiger charge is 2.04. The summed E-state index contributed by atoms with van der Waals surface area (Å²) in [6.45, 7) is 2.02. The van der Waals surface area contributed by atoms with Gasteiger partial charge < -0.3 is 4.57 Å². The summed E-state index contributed by atoms with van der Waals surface area (Å²) in [5.41, 5.74) is 1.04. The first-order valence-electron chi connectivity index (χ1n) is 4.44. The van der Waals surface area contributed by atoms with Gasteiger partial charge in [-0.05, 0) is 19.1 Å². The van der Waals surface area contributed by atoms with E-state index in [1.807, 2.05) is 42.0 Å². The summed E-state index contributed by atoms with van der Waals surface area (Å²) in [6, 6.07) is 9.22. The second kappa shape index (κ2) is 3.58. The number of hydrogen-bond acceptors (Lipinski definition) is 1. The molecule has 0 N–H and O–H groups in total. The highest BCUT2D eigenvalue weighted by atomic mass is 79.9. The molecule has 0 amide bonds. The van der Waals surface area contributed by atoms with Crippen molar-refractivity contribution < 1.29 is 0 Å². The lowest BCUT2D eigenvalue weighted by atomic mass is 10.2. The lowest BCUT2D eigenvalue weighted by Gasteiger charge is -2.12. The van der Waals surface area contributed by atoms with E-state index in [1.165, 1.54) is 0 Å². The van der Waals surface area contributed by atoms with Gasteiger partial charge in [0.15, 0.2) is 5.43 Å². The van der Waals surface area contributed by atoms with Crippen molar-refractivity contribution in [3.8, 4) is 0 Å². The fraction of sp³-hybridized carbons (Fsp3) is 0.182. The lowest BCUT2D eigenvalue weighted by Crippen LogP contribution is -2.07. The topological polar surface area (TPSA) is 22.0 Å². The molecule has 1 unspecified atom stereocenters. The van der Waals surface area contributed by atoms with E-state index in [0.717, 1.165) is 10.9 Å². The number of para-hydroxylation sites is 1. The largest absolute Gasteiger partial charge is 0.334 e. The van der Waals surface area contributed by atoms with E-state index in [0.29, 0.717) is 0 Å². The molecule has 0 saturated heterocycles. The van der Waals surface area contributed by atoms with Gasteiger partial charge >= 0.3 is 0 Å². The van der Waals surface area contributed by atoms with E-state index in [9.17, 15) is 4.79 Å². The highest BCUT2D eigenvalue weighted by Crippen LogP contribution is 2.19. The van der Waals surface area contributed by atoms with Gasteiger partial charge in [-0.15, -0.1) is 0 Å². The molecule has 0 fully saturated rings. The van der Waals surface area contributed by atoms with Gasteiger partial charge in [-0.25, -0.2) is 0 Å². The Kier molecular flexibility index (Phi) is 2.42. The first-order valence-corrected chi connectivity index (χ1v) is 5.35. The smallest absolute Gasteiger partial charge is 0.189 e. The number of rotatable bonds is 1. The van der Waals surface area contributed by atoms with Crippen molar-refractivity contribution in [3.05, 3.63) is 46.8 Å². The number of aromatic nitrogens is 1. The monoisotopic (exact) mass is 251 g/mol. The molecule has 0 aliphatic carbocycles. The van der Waals surface area contributed by atoms with Gasteiger partial charge in [-0.1, -0.05) is 28.1 Å². The molecule has 1 aromatic carbocycles. The summed E-state index contributed by atoms with van der Waals surface area (Å²) in [5.74, 6) is 0. The van der Waals surface area contributed by atoms with Gasteiger partial charge in [0.25, 0.3) is 0 Å². The predicted octanol–water partition coefficient (Wildman–Crippen LogP) is 2.91. The van der Waals surface area contributed by atoms with Gasteiger partial charge in [-0.2, -0.15) is 0 Å². The van der Waals surface area contributed by atoms with E-state index in [1.54, 1.807) is 6.07 Å². The molecular weight excluding hydrogens is 242 g/mol. The standard InChI is InChI=1S/C11H10BrNO/c1-8(12)13-7-6-11(14)9-4-2-3-5-10(9)13/h2-8H,1H3. The summed E-state index contributed by atoms with van der Waals surface area (Å²) in [4.78, 5) is 11.7. The van der Waals surface area contributed by atoms with Crippen LogP contribution in [0.4, 0.5) is 0 Å². The predicted molar refractivity (Wildman–Crippen MR) is 61.8 cm³/mol. The Labute approximate surface area is 90.3 Å². The number of alkyl halides is 1. The van der Waals surface area contributed by atoms with Crippen molar-refractivity contribution in [3.63, 3.8) is 0 Å². The Morgan fingerprint density at radius 3 is 2.71 bits per heavy atom. The van der Waals surface area contributed by atoms with E-state index >= 15 is 0 Å². The zero-order valence-electron chi connectivity index (χ0n) is 7.77. The molecule has 1 aromatic heterocycles. The molecule has 14 heavy (non-hydrogen) atoms. The number of pyridine rings is 1. The Morgan fingerprint density at radius 1 is 1.29 bits per heavy atom. The van der Waals surface area contributed by atoms with Crippen LogP contribution in [0, 0.1) is 0 Å². The summed E-state index contributed by atoms with van der Waals surface area (Å²) in [6.07, 6.45) is 1.81. The molecule has 72 valence electrons. The van der Waals surface area contributed by atoms with Crippen LogP contribution < -0.4 is 5.43 Å². The highest BCUT2D eigenvalue weighted by molar-refractivity contribution is 9.09. The van der Waals surface area contributed by atoms with Crippen molar-refractivity contribution in [2.75, 3.05) is 0 Å². The van der Waals surface area contributed by atoms with Crippen molar-refractivity contribution >= 4 is 26.8 Å². The number of nitrogens with zero attached hydrogens (tertiary/aromatic N) is 1. The fourth-order valence-electron chi connectivity index (χ4n) is 1.54. The van der Waals surface area contributed by atoms with Crippen LogP contribution in [0.25, 0.3) is 10.9 Å². The maximum absolute atomic E-state index is 11.5. The van der Waals surface area contributed by atoms with Gasteiger partial charge in [0.05, 0.1) is 10.5 Å². The van der Waals surface area contributed by atoms with Gasteiger partial charge in [0.2, 0.25) is 0 Å². The quantitative estimate of drug-likeness (QED) is 0.715. The van der Waals surface area contributed by atoms with Crippen LogP contribution in [0.2, 0.25) is 0 Å². The molecule has 0 aliphatic heterocycles. The van der Waals surface area contributed by atoms with Crippen LogP contribution >= 0.6 is 15.9 Å². The van der Waals surface area contributed by atoms with Crippen LogP contribution in [0.15, 0.2) is 41.3 Å². The van der Waals surface area contributed by atoms with Gasteiger partial charge in [0.1, 0.15) is 0 Å². The van der Waals surface area contributed by atoms with Crippen LogP contribution in [-0.2, 0) is 0 Å². The summed E-state index contributed by atoms with van der Waals surface area (Å²) >= 11 is 3.49. The van der Waals surface area contributed by atoms with Gasteiger partial charge in [0, 0.05) is 17.6 Å². The third-order valence-corrected chi connectivity index (χ3v) is 2.66. The van der Waals surface area contributed by atoms with E-state index in [-0.39, 0.29) is 10.4 Å². The van der Waals surface area contributed by atoms with Crippen LogP contribution in [0.3, 0.4) is 0 Å². The lowest BCUT2D eigenvalue weighted by molar-refractivity contribution is 0.778. The third-order valence-electron chi connectivity index (χ3n) is 2.22. The van der Waals surface area contributed by atoms with Crippen molar-refractivity contribution in [2.24, 2.45) is 0 Å². The molecule has 1 heterocycles. The maximum Gasteiger partial charge on any atom is 0.189 e. The zero-order chi connectivity index (χ0) is 10.1. The van der Waals surface area contributed by atoms with Crippen LogP contribution in [0.1, 0.15) is 11.9 Å². The Balaban J connectivity index is 2.89. The normalized spacial score (nSPS) is 13.0. The zero-order valence-corrected chi connectivity index (χ0v) is 9.36. The number of hydrogen-bond donors (Lipinski definition) is 0. The molecule has 0 spiro atoms. The minimum absolute atomic E-state index is 0.0741. The van der Waals surface area contributed by atoms with Crippen LogP contribution in [0.5, 0.6) is 0 Å². The molecule has 2 nitrogen and oxygen atoms in total. The molecule has 0 aliphatic rings. The van der Waals surface area contributed by atoms with Crippen LogP contribution in [-0.4, -0.2) is 4.57 Å². The molecule has 0 bridgehead atoms. The minimum Gasteiger partial charge on any atom is -0.334 e. The third kappa shape index (κ3) is 1.48. The number of halogens is 1. The summed E-state index contributed by atoms with van der Waals surface area (Å²) in [7, 11) is 0. The average Bonchev–Trinajstić information content (AvgIpc) is 2.18. The molecule has 3 heteroatoms. The Bertz CT molecular complexity index is 516. The van der Waals surface area contributed by atoms with Gasteiger partial charge in [-0.3, -0.25) is 4.79 Å². The maximum atomic E-state index is 11.5. The average molecular weight is 252 g/mol. The Morgan fingerprint density at radius 2 is 2.00 bits per heavy atom. The molecular formula is C11H10BrNO. The number of fused-ring (bicyclic) bond motifs is 1. The molecule has 1 atom stereocenters. The van der Waals surface area contributed by atoms with Crippen molar-refractivity contribution in [1.82, 2.24) is 4.57 Å². The van der Waals surface area contributed by atoms with E-state index in [2.05, 4.69) is 15.9 Å². The SMILES string of the molecule is CC(Br)n1ccc(=O)c2ccccc21. The Hall–Kier alpha value is -1.09. The van der Waals surface area contributed by atoms with E-state index < -0.39 is 0 Å². The molecule has 0 saturated carbocycles. The minimum atomic E-state index is 0.0741. The second-order valence-corrected chi connectivity index (χ2v) is 4.50. The van der Waals surface area contributed by atoms with E-state index in [4.69, 9.17) is 0 Å². The molecule has 0 radical (unpaired) electrons. The summed E-state index contributed by atoms with van der Waals surface area (Å²) < 4.78 is 2.02.